The number of hydrogen-bond donors (Lipinski definition) is 1. The van der Waals surface area contributed by atoms with E-state index in [-0.39, 0.29) is 29.9 Å². The average molecular weight is 347 g/mol. The fourth-order valence-corrected chi connectivity index (χ4v) is 3.71. The third-order valence-electron chi connectivity index (χ3n) is 5.03. The first-order valence-corrected chi connectivity index (χ1v) is 8.78. The number of carbonyl (C=O) groups excluding carboxylic acids is 2. The lowest BCUT2D eigenvalue weighted by Crippen LogP contribution is -2.57. The number of amides is 2. The minimum atomic E-state index is -0.341. The zero-order chi connectivity index (χ0) is 17.7. The minimum absolute atomic E-state index is 0.0439. The Balaban J connectivity index is 1.60. The molecule has 2 atom stereocenters. The Labute approximate surface area is 147 Å². The molecule has 1 spiro atoms. The van der Waals surface area contributed by atoms with Crippen molar-refractivity contribution >= 4 is 11.8 Å². The van der Waals surface area contributed by atoms with Crippen LogP contribution in [-0.2, 0) is 14.3 Å². The second kappa shape index (κ2) is 7.82. The van der Waals surface area contributed by atoms with Gasteiger partial charge in [0.25, 0.3) is 0 Å². The van der Waals surface area contributed by atoms with Gasteiger partial charge in [-0.15, -0.1) is 0 Å². The van der Waals surface area contributed by atoms with Crippen LogP contribution in [0.2, 0.25) is 0 Å². The number of hydrogen-bond acceptors (Lipinski definition) is 5. The molecule has 1 aliphatic heterocycles. The summed E-state index contributed by atoms with van der Waals surface area (Å²) in [4.78, 5) is 29.2. The molecular weight excluding hydrogens is 322 g/mol. The zero-order valence-corrected chi connectivity index (χ0v) is 14.6. The molecule has 2 aliphatic rings. The lowest BCUT2D eigenvalue weighted by Gasteiger charge is -2.44. The normalized spacial score (nSPS) is 25.8. The first kappa shape index (κ1) is 17.7. The highest BCUT2D eigenvalue weighted by atomic mass is 16.5. The van der Waals surface area contributed by atoms with Gasteiger partial charge in [-0.3, -0.25) is 14.6 Å². The molecule has 0 bridgehead atoms. The zero-order valence-electron chi connectivity index (χ0n) is 14.6. The smallest absolute Gasteiger partial charge is 0.242 e. The molecule has 1 aromatic rings. The van der Waals surface area contributed by atoms with Crippen LogP contribution in [-0.4, -0.2) is 60.1 Å². The van der Waals surface area contributed by atoms with Crippen molar-refractivity contribution in [3.05, 3.63) is 24.5 Å². The van der Waals surface area contributed by atoms with E-state index in [1.165, 1.54) is 6.92 Å². The number of rotatable bonds is 5. The number of aromatic nitrogens is 1. The van der Waals surface area contributed by atoms with Gasteiger partial charge in [-0.1, -0.05) is 0 Å². The van der Waals surface area contributed by atoms with Gasteiger partial charge >= 0.3 is 0 Å². The quantitative estimate of drug-likeness (QED) is 0.859. The third kappa shape index (κ3) is 4.28. The number of carbonyl (C=O) groups is 2. The van der Waals surface area contributed by atoms with Gasteiger partial charge in [-0.2, -0.15) is 0 Å². The first-order chi connectivity index (χ1) is 12.1. The Kier molecular flexibility index (Phi) is 5.53. The van der Waals surface area contributed by atoms with E-state index >= 15 is 0 Å². The molecule has 1 saturated heterocycles. The molecule has 1 saturated carbocycles. The predicted molar refractivity (Wildman–Crippen MR) is 91.0 cm³/mol. The monoisotopic (exact) mass is 347 g/mol. The van der Waals surface area contributed by atoms with Crippen LogP contribution < -0.4 is 10.1 Å². The van der Waals surface area contributed by atoms with Crippen LogP contribution in [0, 0.1) is 5.92 Å². The molecule has 2 amide bonds. The predicted octanol–water partition coefficient (Wildman–Crippen LogP) is 0.994. The van der Waals surface area contributed by atoms with E-state index < -0.39 is 0 Å². The summed E-state index contributed by atoms with van der Waals surface area (Å²) >= 11 is 0. The molecule has 3 rings (SSSR count). The Morgan fingerprint density at radius 1 is 1.52 bits per heavy atom. The van der Waals surface area contributed by atoms with E-state index in [2.05, 4.69) is 10.3 Å². The second-order valence-corrected chi connectivity index (χ2v) is 6.73. The van der Waals surface area contributed by atoms with Crippen molar-refractivity contribution in [1.82, 2.24) is 15.2 Å². The van der Waals surface area contributed by atoms with Gasteiger partial charge in [0.15, 0.2) is 0 Å². The molecule has 0 aromatic carbocycles. The SMILES string of the molecule is CC(=O)NCC(=O)N1CCO[C@]2(CCC[C@H]2COc2cccnc2)C1. The van der Waals surface area contributed by atoms with Crippen molar-refractivity contribution in [2.24, 2.45) is 5.92 Å². The molecule has 2 heterocycles. The van der Waals surface area contributed by atoms with Gasteiger partial charge in [0.2, 0.25) is 11.8 Å². The molecule has 1 aromatic heterocycles. The van der Waals surface area contributed by atoms with Gasteiger partial charge in [0.05, 0.1) is 38.1 Å². The summed E-state index contributed by atoms with van der Waals surface area (Å²) in [6.07, 6.45) is 6.43. The molecule has 2 fully saturated rings. The van der Waals surface area contributed by atoms with E-state index in [0.717, 1.165) is 25.0 Å². The van der Waals surface area contributed by atoms with Crippen molar-refractivity contribution in [2.45, 2.75) is 31.8 Å². The second-order valence-electron chi connectivity index (χ2n) is 6.73. The standard InChI is InChI=1S/C18H25N3O4/c1-14(22)20-11-17(23)21-8-9-25-18(13-21)6-2-4-15(18)12-24-16-5-3-7-19-10-16/h3,5,7,10,15H,2,4,6,8-9,11-13H2,1H3,(H,20,22)/t15-,18+/m0/s1. The summed E-state index contributed by atoms with van der Waals surface area (Å²) in [5.41, 5.74) is -0.341. The maximum absolute atomic E-state index is 12.3. The van der Waals surface area contributed by atoms with Crippen LogP contribution in [0.5, 0.6) is 5.75 Å². The summed E-state index contributed by atoms with van der Waals surface area (Å²) in [6, 6.07) is 3.74. The van der Waals surface area contributed by atoms with E-state index in [0.29, 0.717) is 26.3 Å². The first-order valence-electron chi connectivity index (χ1n) is 8.78. The molecule has 136 valence electrons. The molecule has 1 aliphatic carbocycles. The summed E-state index contributed by atoms with van der Waals surface area (Å²) in [5.74, 6) is 0.736. The number of morpholine rings is 1. The summed E-state index contributed by atoms with van der Waals surface area (Å²) in [5, 5.41) is 2.58. The van der Waals surface area contributed by atoms with E-state index in [9.17, 15) is 9.59 Å². The van der Waals surface area contributed by atoms with Crippen LogP contribution in [0.4, 0.5) is 0 Å². The largest absolute Gasteiger partial charge is 0.492 e. The van der Waals surface area contributed by atoms with Crippen LogP contribution in [0.15, 0.2) is 24.5 Å². The molecule has 25 heavy (non-hydrogen) atoms. The third-order valence-corrected chi connectivity index (χ3v) is 5.03. The number of ether oxygens (including phenoxy) is 2. The lowest BCUT2D eigenvalue weighted by molar-refractivity contribution is -0.159. The van der Waals surface area contributed by atoms with Crippen molar-refractivity contribution in [2.75, 3.05) is 32.8 Å². The molecule has 0 unspecified atom stereocenters. The van der Waals surface area contributed by atoms with Crippen molar-refractivity contribution < 1.29 is 19.1 Å². The van der Waals surface area contributed by atoms with Gasteiger partial charge < -0.3 is 19.7 Å². The highest BCUT2D eigenvalue weighted by Crippen LogP contribution is 2.41. The Morgan fingerprint density at radius 2 is 2.40 bits per heavy atom. The fraction of sp³-hybridized carbons (Fsp3) is 0.611. The number of nitrogens with zero attached hydrogens (tertiary/aromatic N) is 2. The van der Waals surface area contributed by atoms with Crippen LogP contribution >= 0.6 is 0 Å². The minimum Gasteiger partial charge on any atom is -0.492 e. The summed E-state index contributed by atoms with van der Waals surface area (Å²) < 4.78 is 12.0. The number of nitrogens with one attached hydrogen (secondary N) is 1. The molecule has 1 N–H and O–H groups in total. The number of pyridine rings is 1. The van der Waals surface area contributed by atoms with Crippen LogP contribution in [0.1, 0.15) is 26.2 Å². The van der Waals surface area contributed by atoms with Crippen molar-refractivity contribution in [1.29, 1.82) is 0 Å². The van der Waals surface area contributed by atoms with Gasteiger partial charge in [0, 0.05) is 25.6 Å². The molecule has 7 heteroatoms. The Hall–Kier alpha value is -2.15. The summed E-state index contributed by atoms with van der Waals surface area (Å²) in [6.45, 7) is 3.66. The van der Waals surface area contributed by atoms with E-state index in [1.807, 2.05) is 17.0 Å². The van der Waals surface area contributed by atoms with Crippen LogP contribution in [0.3, 0.4) is 0 Å². The highest BCUT2D eigenvalue weighted by Gasteiger charge is 2.48. The highest BCUT2D eigenvalue weighted by molar-refractivity contribution is 5.83. The van der Waals surface area contributed by atoms with Gasteiger partial charge in [0.1, 0.15) is 5.75 Å². The lowest BCUT2D eigenvalue weighted by atomic mass is 9.89. The van der Waals surface area contributed by atoms with E-state index in [4.69, 9.17) is 9.47 Å². The fourth-order valence-electron chi connectivity index (χ4n) is 3.71. The Bertz CT molecular complexity index is 610. The van der Waals surface area contributed by atoms with Crippen molar-refractivity contribution in [3.8, 4) is 5.75 Å². The Morgan fingerprint density at radius 3 is 3.16 bits per heavy atom. The molecule has 0 radical (unpaired) electrons. The maximum Gasteiger partial charge on any atom is 0.242 e. The van der Waals surface area contributed by atoms with Gasteiger partial charge in [-0.05, 0) is 31.4 Å². The van der Waals surface area contributed by atoms with E-state index in [1.54, 1.807) is 12.4 Å². The van der Waals surface area contributed by atoms with Crippen molar-refractivity contribution in [3.63, 3.8) is 0 Å². The molecular formula is C18H25N3O4. The summed E-state index contributed by atoms with van der Waals surface area (Å²) in [7, 11) is 0. The molecule has 7 nitrogen and oxygen atoms in total. The van der Waals surface area contributed by atoms with Gasteiger partial charge in [-0.25, -0.2) is 0 Å². The maximum atomic E-state index is 12.3. The topological polar surface area (TPSA) is 80.8 Å². The average Bonchev–Trinajstić information content (AvgIpc) is 3.00. The van der Waals surface area contributed by atoms with Crippen LogP contribution in [0.25, 0.3) is 0 Å².